The fraction of sp³-hybridized carbons (Fsp3) is 0.619. The lowest BCUT2D eigenvalue weighted by molar-refractivity contribution is -0.139. The van der Waals surface area contributed by atoms with Crippen molar-refractivity contribution < 1.29 is 29.3 Å². The zero-order chi connectivity index (χ0) is 35.2. The van der Waals surface area contributed by atoms with E-state index >= 15 is 0 Å². The Morgan fingerprint density at radius 1 is 0.959 bits per heavy atom. The standard InChI is InChI=1S/C42H59NO6/c1-6-23-43(39(45)27-31-16-19-37(48-4)38(26-31)49-5)28-42(47)22-20-36-34-18-15-30(25-35(34)40(46)32-12-8-7-9-13-32)24-33(44)17-14-29(2)11-10-21-41(36,42)3/h11,15-16,18-19,25-26,32-33,36,44,47H,6-10,12-14,17,20-24,27-28H2,1-5H3. The molecule has 1 amide bonds. The first kappa shape index (κ1) is 37.1. The van der Waals surface area contributed by atoms with Crippen LogP contribution in [0.5, 0.6) is 11.5 Å². The summed E-state index contributed by atoms with van der Waals surface area (Å²) in [6.45, 7) is 7.20. The fourth-order valence-electron chi connectivity index (χ4n) is 8.95. The van der Waals surface area contributed by atoms with Crippen molar-refractivity contribution in [3.63, 3.8) is 0 Å². The molecule has 4 atom stereocenters. The highest BCUT2D eigenvalue weighted by molar-refractivity contribution is 5.99. The van der Waals surface area contributed by atoms with E-state index in [0.29, 0.717) is 37.3 Å². The molecular formula is C42H59NO6. The van der Waals surface area contributed by atoms with Crippen LogP contribution < -0.4 is 9.47 Å². The van der Waals surface area contributed by atoms with Crippen molar-refractivity contribution in [1.29, 1.82) is 0 Å². The number of amides is 1. The minimum absolute atomic E-state index is 0.0257. The van der Waals surface area contributed by atoms with Crippen molar-refractivity contribution in [2.24, 2.45) is 11.3 Å². The monoisotopic (exact) mass is 673 g/mol. The van der Waals surface area contributed by atoms with Gasteiger partial charge < -0.3 is 24.6 Å². The summed E-state index contributed by atoms with van der Waals surface area (Å²) in [4.78, 5) is 30.2. The zero-order valence-electron chi connectivity index (χ0n) is 30.6. The number of Topliss-reactive ketones (excluding diaryl/α,β-unsaturated/α-hetero) is 1. The second-order valence-electron chi connectivity index (χ2n) is 15.3. The van der Waals surface area contributed by atoms with Gasteiger partial charge in [0.05, 0.1) is 32.3 Å². The topological polar surface area (TPSA) is 96.3 Å². The van der Waals surface area contributed by atoms with Crippen LogP contribution in [-0.2, 0) is 17.6 Å². The first-order valence-corrected chi connectivity index (χ1v) is 18.7. The molecule has 4 aliphatic carbocycles. The van der Waals surface area contributed by atoms with Gasteiger partial charge in [0.15, 0.2) is 17.3 Å². The Labute approximate surface area is 294 Å². The molecule has 4 aliphatic rings. The minimum atomic E-state index is -1.14. The number of benzene rings is 2. The Morgan fingerprint density at radius 3 is 2.43 bits per heavy atom. The summed E-state index contributed by atoms with van der Waals surface area (Å²) in [5, 5.41) is 23.8. The zero-order valence-corrected chi connectivity index (χ0v) is 30.6. The van der Waals surface area contributed by atoms with E-state index in [2.05, 4.69) is 45.0 Å². The molecule has 6 rings (SSSR count). The number of methoxy groups -OCH3 is 2. The molecular weight excluding hydrogens is 614 g/mol. The average molecular weight is 674 g/mol. The average Bonchev–Trinajstić information content (AvgIpc) is 3.35. The molecule has 2 aromatic carbocycles. The number of hydrogen-bond acceptors (Lipinski definition) is 6. The summed E-state index contributed by atoms with van der Waals surface area (Å²) >= 11 is 0. The van der Waals surface area contributed by atoms with Crippen molar-refractivity contribution in [2.75, 3.05) is 27.3 Å². The number of rotatable bonds is 10. The van der Waals surface area contributed by atoms with Gasteiger partial charge >= 0.3 is 0 Å². The summed E-state index contributed by atoms with van der Waals surface area (Å²) in [7, 11) is 3.19. The van der Waals surface area contributed by atoms with Gasteiger partial charge in [0.1, 0.15) is 0 Å². The maximum Gasteiger partial charge on any atom is 0.227 e. The van der Waals surface area contributed by atoms with Gasteiger partial charge in [-0.1, -0.05) is 63.0 Å². The number of carbonyl (C=O) groups is 2. The number of aliphatic hydroxyl groups is 2. The number of aliphatic hydroxyl groups excluding tert-OH is 1. The van der Waals surface area contributed by atoms with Crippen LogP contribution in [0.3, 0.4) is 0 Å². The number of fused-ring (bicyclic) bond motifs is 8. The van der Waals surface area contributed by atoms with Crippen molar-refractivity contribution in [2.45, 2.75) is 128 Å². The van der Waals surface area contributed by atoms with E-state index in [-0.39, 0.29) is 36.5 Å². The van der Waals surface area contributed by atoms with Gasteiger partial charge in [-0.3, -0.25) is 9.59 Å². The molecule has 0 spiro atoms. The molecule has 2 fully saturated rings. The molecule has 7 nitrogen and oxygen atoms in total. The summed E-state index contributed by atoms with van der Waals surface area (Å²) in [6.07, 6.45) is 12.8. The molecule has 0 radical (unpaired) electrons. The predicted octanol–water partition coefficient (Wildman–Crippen LogP) is 7.99. The lowest BCUT2D eigenvalue weighted by Crippen LogP contribution is -2.54. The van der Waals surface area contributed by atoms with E-state index in [1.165, 1.54) is 12.0 Å². The molecule has 2 saturated carbocycles. The number of hydrogen-bond donors (Lipinski definition) is 2. The number of carbonyl (C=O) groups excluding carboxylic acids is 2. The van der Waals surface area contributed by atoms with Crippen LogP contribution in [-0.4, -0.2) is 65.8 Å². The summed E-state index contributed by atoms with van der Waals surface area (Å²) in [6, 6.07) is 11.9. The van der Waals surface area contributed by atoms with Crippen LogP contribution in [0.4, 0.5) is 0 Å². The first-order valence-electron chi connectivity index (χ1n) is 18.7. The van der Waals surface area contributed by atoms with Crippen molar-refractivity contribution >= 4 is 11.7 Å². The van der Waals surface area contributed by atoms with Crippen LogP contribution in [0.25, 0.3) is 0 Å². The normalized spacial score (nSPS) is 26.4. The molecule has 49 heavy (non-hydrogen) atoms. The maximum absolute atomic E-state index is 14.3. The van der Waals surface area contributed by atoms with Gasteiger partial charge in [0, 0.05) is 30.0 Å². The molecule has 4 unspecified atom stereocenters. The van der Waals surface area contributed by atoms with Crippen LogP contribution in [0.15, 0.2) is 48.0 Å². The molecule has 0 heterocycles. The van der Waals surface area contributed by atoms with E-state index in [1.54, 1.807) is 14.2 Å². The quantitative estimate of drug-likeness (QED) is 0.196. The Bertz CT molecular complexity index is 1490. The van der Waals surface area contributed by atoms with E-state index < -0.39 is 17.1 Å². The molecule has 2 N–H and O–H groups in total. The Balaban J connectivity index is 1.51. The Kier molecular flexibility index (Phi) is 12.3. The second-order valence-corrected chi connectivity index (χ2v) is 15.3. The molecule has 2 aromatic rings. The van der Waals surface area contributed by atoms with E-state index in [1.807, 2.05) is 23.1 Å². The predicted molar refractivity (Wildman–Crippen MR) is 194 cm³/mol. The third-order valence-electron chi connectivity index (χ3n) is 12.0. The highest BCUT2D eigenvalue weighted by atomic mass is 16.5. The highest BCUT2D eigenvalue weighted by Crippen LogP contribution is 2.59. The number of allylic oxidation sites excluding steroid dienone is 2. The second kappa shape index (κ2) is 16.2. The SMILES string of the molecule is CCCN(CC1(O)CCC2c3ccc(cc3C(=O)C3CCCCC3)CC(O)CCC(C)=CCCC21C)C(=O)Cc1ccc(OC)c(OC)c1. The van der Waals surface area contributed by atoms with Crippen LogP contribution in [0, 0.1) is 11.3 Å². The molecule has 0 saturated heterocycles. The first-order chi connectivity index (χ1) is 23.5. The van der Waals surface area contributed by atoms with Crippen LogP contribution >= 0.6 is 0 Å². The van der Waals surface area contributed by atoms with Gasteiger partial charge in [0.2, 0.25) is 5.91 Å². The van der Waals surface area contributed by atoms with E-state index in [4.69, 9.17) is 9.47 Å². The van der Waals surface area contributed by atoms with Crippen molar-refractivity contribution in [3.8, 4) is 11.5 Å². The molecule has 2 bridgehead atoms. The van der Waals surface area contributed by atoms with E-state index in [9.17, 15) is 19.8 Å². The fourth-order valence-corrected chi connectivity index (χ4v) is 8.95. The molecule has 7 heteroatoms. The largest absolute Gasteiger partial charge is 0.493 e. The van der Waals surface area contributed by atoms with Gasteiger partial charge in [-0.25, -0.2) is 0 Å². The van der Waals surface area contributed by atoms with Crippen LogP contribution in [0.2, 0.25) is 0 Å². The van der Waals surface area contributed by atoms with Crippen molar-refractivity contribution in [1.82, 2.24) is 4.90 Å². The third kappa shape index (κ3) is 8.26. The molecule has 268 valence electrons. The van der Waals surface area contributed by atoms with Gasteiger partial charge in [0.25, 0.3) is 0 Å². The number of ether oxygens (including phenoxy) is 2. The lowest BCUT2D eigenvalue weighted by Gasteiger charge is -2.46. The Morgan fingerprint density at radius 2 is 1.71 bits per heavy atom. The Hall–Kier alpha value is -3.16. The smallest absolute Gasteiger partial charge is 0.227 e. The van der Waals surface area contributed by atoms with Crippen molar-refractivity contribution in [3.05, 3.63) is 70.3 Å². The lowest BCUT2D eigenvalue weighted by atomic mass is 9.64. The summed E-state index contributed by atoms with van der Waals surface area (Å²) < 4.78 is 10.9. The summed E-state index contributed by atoms with van der Waals surface area (Å²) in [5.41, 5.74) is 3.18. The number of nitrogens with zero attached hydrogens (tertiary/aromatic N) is 1. The van der Waals surface area contributed by atoms with Gasteiger partial charge in [-0.05, 0) is 112 Å². The molecule has 0 aromatic heterocycles. The number of ketones is 1. The third-order valence-corrected chi connectivity index (χ3v) is 12.0. The minimum Gasteiger partial charge on any atom is -0.493 e. The van der Waals surface area contributed by atoms with Gasteiger partial charge in [-0.2, -0.15) is 0 Å². The molecule has 0 aliphatic heterocycles. The summed E-state index contributed by atoms with van der Waals surface area (Å²) in [5.74, 6) is 1.39. The van der Waals surface area contributed by atoms with Gasteiger partial charge in [-0.15, -0.1) is 0 Å². The highest BCUT2D eigenvalue weighted by Gasteiger charge is 2.57. The van der Waals surface area contributed by atoms with E-state index in [0.717, 1.165) is 80.0 Å². The van der Waals surface area contributed by atoms with Crippen LogP contribution in [0.1, 0.15) is 131 Å². The maximum atomic E-state index is 14.3.